The van der Waals surface area contributed by atoms with Crippen molar-refractivity contribution in [3.63, 3.8) is 0 Å². The Balaban J connectivity index is 2.24. The zero-order valence-electron chi connectivity index (χ0n) is 14.3. The highest BCUT2D eigenvalue weighted by atomic mass is 19.1. The van der Waals surface area contributed by atoms with Crippen LogP contribution in [0.3, 0.4) is 0 Å². The number of halogens is 1. The summed E-state index contributed by atoms with van der Waals surface area (Å²) in [6.45, 7) is 6.21. The molecule has 0 amide bonds. The minimum Gasteiger partial charge on any atom is -0.346 e. The molecular formula is C17H27FN2O3. The van der Waals surface area contributed by atoms with Crippen LogP contribution >= 0.6 is 0 Å². The molecule has 0 saturated heterocycles. The topological polar surface area (TPSA) is 53.4 Å². The molecule has 1 aromatic rings. The predicted molar refractivity (Wildman–Crippen MR) is 84.8 cm³/mol. The van der Waals surface area contributed by atoms with Crippen molar-refractivity contribution in [2.24, 2.45) is 5.92 Å². The quantitative estimate of drug-likeness (QED) is 0.539. The molecule has 1 fully saturated rings. The Morgan fingerprint density at radius 2 is 1.91 bits per heavy atom. The number of ether oxygens (including phenoxy) is 2. The van der Waals surface area contributed by atoms with E-state index < -0.39 is 17.9 Å². The Morgan fingerprint density at radius 1 is 1.30 bits per heavy atom. The molecule has 1 heterocycles. The van der Waals surface area contributed by atoms with Gasteiger partial charge < -0.3 is 9.47 Å². The number of ketones is 1. The van der Waals surface area contributed by atoms with Gasteiger partial charge in [-0.05, 0) is 39.5 Å². The SMILES string of the molecule is CCOC(OCC)C(=O)c1c(F)cnn1[C@H](C)C1CCCCC1. The zero-order valence-corrected chi connectivity index (χ0v) is 14.3. The lowest BCUT2D eigenvalue weighted by Gasteiger charge is -2.29. The second kappa shape index (κ2) is 8.55. The summed E-state index contributed by atoms with van der Waals surface area (Å²) in [7, 11) is 0. The lowest BCUT2D eigenvalue weighted by Crippen LogP contribution is -2.32. The average molecular weight is 326 g/mol. The van der Waals surface area contributed by atoms with Crippen LogP contribution in [0.25, 0.3) is 0 Å². The van der Waals surface area contributed by atoms with Crippen molar-refractivity contribution < 1.29 is 18.7 Å². The predicted octanol–water partition coefficient (Wildman–Crippen LogP) is 3.75. The van der Waals surface area contributed by atoms with Gasteiger partial charge >= 0.3 is 0 Å². The minimum atomic E-state index is -1.08. The Hall–Kier alpha value is -1.27. The molecule has 2 rings (SSSR count). The number of hydrogen-bond acceptors (Lipinski definition) is 4. The maximum absolute atomic E-state index is 14.2. The number of hydrogen-bond donors (Lipinski definition) is 0. The van der Waals surface area contributed by atoms with Crippen molar-refractivity contribution in [2.45, 2.75) is 65.2 Å². The van der Waals surface area contributed by atoms with Crippen LogP contribution in [0.2, 0.25) is 0 Å². The molecule has 0 aromatic carbocycles. The summed E-state index contributed by atoms with van der Waals surface area (Å²) in [5.41, 5.74) is -0.0324. The highest BCUT2D eigenvalue weighted by Gasteiger charge is 2.32. The lowest BCUT2D eigenvalue weighted by molar-refractivity contribution is -0.108. The van der Waals surface area contributed by atoms with Gasteiger partial charge in [-0.1, -0.05) is 19.3 Å². The van der Waals surface area contributed by atoms with Gasteiger partial charge in [0.15, 0.2) is 5.82 Å². The second-order valence-electron chi connectivity index (χ2n) is 6.03. The van der Waals surface area contributed by atoms with Crippen LogP contribution in [0, 0.1) is 11.7 Å². The minimum absolute atomic E-state index is 0.0114. The molecule has 5 nitrogen and oxygen atoms in total. The highest BCUT2D eigenvalue weighted by molar-refractivity contribution is 5.97. The molecular weight excluding hydrogens is 299 g/mol. The first-order chi connectivity index (χ1) is 11.1. The summed E-state index contributed by atoms with van der Waals surface area (Å²) < 4.78 is 26.4. The largest absolute Gasteiger partial charge is 0.346 e. The summed E-state index contributed by atoms with van der Waals surface area (Å²) in [6.07, 6.45) is 5.84. The average Bonchev–Trinajstić information content (AvgIpc) is 2.95. The molecule has 0 aliphatic heterocycles. The van der Waals surface area contributed by atoms with Crippen molar-refractivity contribution in [1.29, 1.82) is 0 Å². The molecule has 1 aliphatic rings. The summed E-state index contributed by atoms with van der Waals surface area (Å²) in [5.74, 6) is -0.680. The number of carbonyl (C=O) groups is 1. The van der Waals surface area contributed by atoms with Gasteiger partial charge in [0, 0.05) is 13.2 Å². The first kappa shape index (κ1) is 18.1. The van der Waals surface area contributed by atoms with E-state index in [1.165, 1.54) is 23.9 Å². The van der Waals surface area contributed by atoms with E-state index in [1.807, 2.05) is 6.92 Å². The van der Waals surface area contributed by atoms with E-state index in [2.05, 4.69) is 5.10 Å². The van der Waals surface area contributed by atoms with Crippen molar-refractivity contribution in [3.05, 3.63) is 17.7 Å². The van der Waals surface area contributed by atoms with Crippen LogP contribution in [0.1, 0.15) is 69.4 Å². The number of Topliss-reactive ketones (excluding diaryl/α,β-unsaturated/α-hetero) is 1. The smallest absolute Gasteiger partial charge is 0.239 e. The summed E-state index contributed by atoms with van der Waals surface area (Å²) in [6, 6.07) is -0.0114. The van der Waals surface area contributed by atoms with Crippen LogP contribution in [-0.4, -0.2) is 35.1 Å². The number of aromatic nitrogens is 2. The molecule has 0 spiro atoms. The fraction of sp³-hybridized carbons (Fsp3) is 0.765. The van der Waals surface area contributed by atoms with Gasteiger partial charge in [0.05, 0.1) is 12.2 Å². The van der Waals surface area contributed by atoms with Crippen LogP contribution < -0.4 is 0 Å². The van der Waals surface area contributed by atoms with Crippen LogP contribution in [-0.2, 0) is 9.47 Å². The highest BCUT2D eigenvalue weighted by Crippen LogP contribution is 2.33. The summed E-state index contributed by atoms with van der Waals surface area (Å²) in [4.78, 5) is 12.7. The monoisotopic (exact) mass is 326 g/mol. The van der Waals surface area contributed by atoms with Crippen LogP contribution in [0.5, 0.6) is 0 Å². The van der Waals surface area contributed by atoms with Gasteiger partial charge in [-0.25, -0.2) is 4.39 Å². The van der Waals surface area contributed by atoms with Crippen molar-refractivity contribution in [2.75, 3.05) is 13.2 Å². The van der Waals surface area contributed by atoms with E-state index in [-0.39, 0.29) is 11.7 Å². The Morgan fingerprint density at radius 3 is 2.48 bits per heavy atom. The van der Waals surface area contributed by atoms with E-state index in [1.54, 1.807) is 13.8 Å². The first-order valence-corrected chi connectivity index (χ1v) is 8.60. The molecule has 1 saturated carbocycles. The number of carbonyl (C=O) groups excluding carboxylic acids is 1. The molecule has 23 heavy (non-hydrogen) atoms. The third kappa shape index (κ3) is 4.18. The van der Waals surface area contributed by atoms with Crippen molar-refractivity contribution >= 4 is 5.78 Å². The molecule has 1 aliphatic carbocycles. The molecule has 1 aromatic heterocycles. The second-order valence-corrected chi connectivity index (χ2v) is 6.03. The summed E-state index contributed by atoms with van der Waals surface area (Å²) >= 11 is 0. The molecule has 0 N–H and O–H groups in total. The van der Waals surface area contributed by atoms with Gasteiger partial charge in [0.1, 0.15) is 5.69 Å². The van der Waals surface area contributed by atoms with Gasteiger partial charge in [0.25, 0.3) is 0 Å². The summed E-state index contributed by atoms with van der Waals surface area (Å²) in [5, 5.41) is 4.12. The molecule has 1 atom stereocenters. The molecule has 6 heteroatoms. The fourth-order valence-electron chi connectivity index (χ4n) is 3.31. The first-order valence-electron chi connectivity index (χ1n) is 8.60. The Kier molecular flexibility index (Phi) is 6.72. The van der Waals surface area contributed by atoms with E-state index in [4.69, 9.17) is 9.47 Å². The van der Waals surface area contributed by atoms with E-state index in [9.17, 15) is 9.18 Å². The van der Waals surface area contributed by atoms with Crippen LogP contribution in [0.15, 0.2) is 6.20 Å². The maximum Gasteiger partial charge on any atom is 0.239 e. The van der Waals surface area contributed by atoms with Crippen molar-refractivity contribution in [1.82, 2.24) is 9.78 Å². The molecule has 0 bridgehead atoms. The Bertz CT molecular complexity index is 506. The molecule has 0 radical (unpaired) electrons. The third-order valence-electron chi connectivity index (χ3n) is 4.55. The van der Waals surface area contributed by atoms with Gasteiger partial charge in [-0.2, -0.15) is 5.10 Å². The van der Waals surface area contributed by atoms with Crippen LogP contribution in [0.4, 0.5) is 4.39 Å². The normalized spacial score (nSPS) is 17.6. The Labute approximate surface area is 137 Å². The van der Waals surface area contributed by atoms with Gasteiger partial charge in [-0.15, -0.1) is 0 Å². The third-order valence-corrected chi connectivity index (χ3v) is 4.55. The molecule has 0 unspecified atom stereocenters. The van der Waals surface area contributed by atoms with E-state index in [0.717, 1.165) is 19.0 Å². The van der Waals surface area contributed by atoms with Gasteiger partial charge in [-0.3, -0.25) is 9.48 Å². The maximum atomic E-state index is 14.2. The molecule has 130 valence electrons. The fourth-order valence-corrected chi connectivity index (χ4v) is 3.31. The van der Waals surface area contributed by atoms with Crippen molar-refractivity contribution in [3.8, 4) is 0 Å². The number of rotatable bonds is 8. The number of nitrogens with zero attached hydrogens (tertiary/aromatic N) is 2. The zero-order chi connectivity index (χ0) is 16.8. The van der Waals surface area contributed by atoms with E-state index >= 15 is 0 Å². The standard InChI is InChI=1S/C17H27FN2O3/c1-4-22-17(23-5-2)16(21)15-14(18)11-19-20(15)12(3)13-9-7-6-8-10-13/h11-13,17H,4-10H2,1-3H3/t12-/m1/s1. The van der Waals surface area contributed by atoms with Gasteiger partial charge in [0.2, 0.25) is 12.1 Å². The van der Waals surface area contributed by atoms with E-state index in [0.29, 0.717) is 19.1 Å². The lowest BCUT2D eigenvalue weighted by atomic mass is 9.84.